The van der Waals surface area contributed by atoms with Crippen LogP contribution in [0.4, 0.5) is 0 Å². The Balaban J connectivity index is 2.02. The molecule has 0 saturated heterocycles. The number of fused-ring (bicyclic) bond motifs is 2. The normalized spacial score (nSPS) is 11.8. The summed E-state index contributed by atoms with van der Waals surface area (Å²) in [6, 6.07) is 0. The first-order valence-corrected chi connectivity index (χ1v) is 10.3. The molecule has 0 aliphatic rings. The summed E-state index contributed by atoms with van der Waals surface area (Å²) in [6.07, 6.45) is 0.988. The van der Waals surface area contributed by atoms with Crippen LogP contribution in [0.15, 0.2) is 5.38 Å². The van der Waals surface area contributed by atoms with Crippen LogP contribution < -0.4 is 0 Å². The molecule has 4 heterocycles. The molecule has 4 aromatic heterocycles. The number of hydrogen-bond acceptors (Lipinski definition) is 5. The van der Waals surface area contributed by atoms with Gasteiger partial charge >= 0.3 is 0 Å². The SMILES string of the molecule is Cc1csc2c(C)c(-c3sc4c(C)c(C=O)sc4c3C)sc12. The van der Waals surface area contributed by atoms with Gasteiger partial charge in [0.05, 0.1) is 4.88 Å². The van der Waals surface area contributed by atoms with Crippen molar-refractivity contribution in [2.75, 3.05) is 0 Å². The molecule has 4 aromatic rings. The van der Waals surface area contributed by atoms with E-state index in [-0.39, 0.29) is 0 Å². The van der Waals surface area contributed by atoms with E-state index in [1.54, 1.807) is 11.3 Å². The van der Waals surface area contributed by atoms with Crippen LogP contribution in [0.2, 0.25) is 0 Å². The molecule has 0 aliphatic carbocycles. The highest BCUT2D eigenvalue weighted by Crippen LogP contribution is 2.50. The molecule has 1 nitrogen and oxygen atoms in total. The van der Waals surface area contributed by atoms with Crippen molar-refractivity contribution >= 4 is 70.4 Å². The molecule has 0 spiro atoms. The lowest BCUT2D eigenvalue weighted by Crippen LogP contribution is -1.75. The lowest BCUT2D eigenvalue weighted by molar-refractivity contribution is 0.112. The molecule has 0 unspecified atom stereocenters. The number of thiophene rings is 4. The molecule has 0 radical (unpaired) electrons. The van der Waals surface area contributed by atoms with E-state index in [1.807, 2.05) is 34.0 Å². The Kier molecular flexibility index (Phi) is 3.31. The summed E-state index contributed by atoms with van der Waals surface area (Å²) in [7, 11) is 0. The Bertz CT molecular complexity index is 1040. The number of hydrogen-bond donors (Lipinski definition) is 0. The maximum Gasteiger partial charge on any atom is 0.160 e. The zero-order valence-electron chi connectivity index (χ0n) is 12.7. The van der Waals surface area contributed by atoms with Gasteiger partial charge in [-0.15, -0.1) is 45.3 Å². The minimum absolute atomic E-state index is 0.871. The van der Waals surface area contributed by atoms with Crippen molar-refractivity contribution in [3.05, 3.63) is 32.5 Å². The fourth-order valence-corrected chi connectivity index (χ4v) is 8.22. The molecule has 0 saturated carbocycles. The maximum atomic E-state index is 11.2. The second-order valence-corrected chi connectivity index (χ2v) is 9.53. The molecule has 0 aliphatic heterocycles. The van der Waals surface area contributed by atoms with E-state index >= 15 is 0 Å². The summed E-state index contributed by atoms with van der Waals surface area (Å²) in [4.78, 5) is 14.8. The highest BCUT2D eigenvalue weighted by atomic mass is 32.1. The first-order chi connectivity index (χ1) is 10.5. The minimum atomic E-state index is 0.871. The molecule has 112 valence electrons. The van der Waals surface area contributed by atoms with Crippen molar-refractivity contribution in [2.24, 2.45) is 0 Å². The summed E-state index contributed by atoms with van der Waals surface area (Å²) in [5.74, 6) is 0. The van der Waals surface area contributed by atoms with Crippen LogP contribution in [-0.4, -0.2) is 6.29 Å². The third kappa shape index (κ3) is 1.83. The van der Waals surface area contributed by atoms with Crippen molar-refractivity contribution in [2.45, 2.75) is 27.7 Å². The standard InChI is InChI=1S/C17H14OS4/c1-7-6-19-13-9(3)16(21-12(7)13)17-10(4)15-14(22-17)8(2)11(5-18)20-15/h5-6H,1-4H3. The van der Waals surface area contributed by atoms with Crippen molar-refractivity contribution < 1.29 is 4.79 Å². The van der Waals surface area contributed by atoms with Gasteiger partial charge in [0.25, 0.3) is 0 Å². The molecule has 5 heteroatoms. The lowest BCUT2D eigenvalue weighted by Gasteiger charge is -1.98. The molecule has 0 amide bonds. The second kappa shape index (κ2) is 4.99. The second-order valence-electron chi connectivity index (χ2n) is 5.56. The largest absolute Gasteiger partial charge is 0.297 e. The van der Waals surface area contributed by atoms with Crippen molar-refractivity contribution in [1.82, 2.24) is 0 Å². The van der Waals surface area contributed by atoms with Crippen LogP contribution in [0.5, 0.6) is 0 Å². The van der Waals surface area contributed by atoms with Crippen LogP contribution >= 0.6 is 45.3 Å². The Morgan fingerprint density at radius 2 is 1.36 bits per heavy atom. The van der Waals surface area contributed by atoms with E-state index in [9.17, 15) is 4.79 Å². The zero-order valence-corrected chi connectivity index (χ0v) is 16.0. The summed E-state index contributed by atoms with van der Waals surface area (Å²) < 4.78 is 5.43. The smallest absolute Gasteiger partial charge is 0.160 e. The third-order valence-corrected chi connectivity index (χ3v) is 9.95. The van der Waals surface area contributed by atoms with Crippen molar-refractivity contribution in [3.63, 3.8) is 0 Å². The zero-order chi connectivity index (χ0) is 15.6. The monoisotopic (exact) mass is 362 g/mol. The van der Waals surface area contributed by atoms with Crippen LogP contribution in [0.25, 0.3) is 28.6 Å². The third-order valence-electron chi connectivity index (χ3n) is 4.13. The fraction of sp³-hybridized carbons (Fsp3) is 0.235. The Morgan fingerprint density at radius 1 is 0.773 bits per heavy atom. The van der Waals surface area contributed by atoms with Crippen molar-refractivity contribution in [3.8, 4) is 9.75 Å². The van der Waals surface area contributed by atoms with Crippen molar-refractivity contribution in [1.29, 1.82) is 0 Å². The number of carbonyl (C=O) groups is 1. The van der Waals surface area contributed by atoms with Gasteiger partial charge in [-0.05, 0) is 55.3 Å². The highest BCUT2D eigenvalue weighted by molar-refractivity contribution is 7.34. The number of rotatable bonds is 2. The Hall–Kier alpha value is -1.01. The Morgan fingerprint density at radius 3 is 1.95 bits per heavy atom. The highest BCUT2D eigenvalue weighted by Gasteiger charge is 2.21. The van der Waals surface area contributed by atoms with Crippen LogP contribution in [0.1, 0.15) is 31.9 Å². The molecular weight excluding hydrogens is 348 g/mol. The van der Waals surface area contributed by atoms with Crippen LogP contribution in [-0.2, 0) is 0 Å². The lowest BCUT2D eigenvalue weighted by atomic mass is 10.2. The Labute approximate surface area is 144 Å². The van der Waals surface area contributed by atoms with Gasteiger partial charge in [0, 0.05) is 28.6 Å². The molecule has 0 bridgehead atoms. The minimum Gasteiger partial charge on any atom is -0.297 e. The summed E-state index contributed by atoms with van der Waals surface area (Å²) >= 11 is 7.24. The molecule has 0 atom stereocenters. The fourth-order valence-electron chi connectivity index (χ4n) is 2.81. The topological polar surface area (TPSA) is 17.1 Å². The molecule has 22 heavy (non-hydrogen) atoms. The van der Waals surface area contributed by atoms with Gasteiger partial charge in [-0.2, -0.15) is 0 Å². The summed E-state index contributed by atoms with van der Waals surface area (Å²) in [5.41, 5.74) is 5.26. The average molecular weight is 363 g/mol. The predicted octanol–water partition coefficient (Wildman–Crippen LogP) is 6.95. The van der Waals surface area contributed by atoms with E-state index in [0.717, 1.165) is 16.7 Å². The molecule has 0 N–H and O–H groups in total. The van der Waals surface area contributed by atoms with E-state index in [0.29, 0.717) is 0 Å². The molecule has 4 rings (SSSR count). The van der Waals surface area contributed by atoms with Gasteiger partial charge in [-0.3, -0.25) is 4.79 Å². The quantitative estimate of drug-likeness (QED) is 0.352. The average Bonchev–Trinajstić information content (AvgIpc) is 3.19. The molecule has 0 fully saturated rings. The predicted molar refractivity (Wildman–Crippen MR) is 103 cm³/mol. The van der Waals surface area contributed by atoms with Gasteiger partial charge in [-0.1, -0.05) is 0 Å². The van der Waals surface area contributed by atoms with Gasteiger partial charge in [-0.25, -0.2) is 0 Å². The van der Waals surface area contributed by atoms with E-state index in [2.05, 4.69) is 33.1 Å². The number of carbonyl (C=O) groups excluding carboxylic acids is 1. The van der Waals surface area contributed by atoms with Gasteiger partial charge < -0.3 is 0 Å². The summed E-state index contributed by atoms with van der Waals surface area (Å²) in [5, 5.41) is 2.25. The van der Waals surface area contributed by atoms with Gasteiger partial charge in [0.15, 0.2) is 6.29 Å². The first kappa shape index (κ1) is 14.6. The van der Waals surface area contributed by atoms with Crippen LogP contribution in [0.3, 0.4) is 0 Å². The van der Waals surface area contributed by atoms with E-state index in [4.69, 9.17) is 0 Å². The van der Waals surface area contributed by atoms with Gasteiger partial charge in [0.1, 0.15) is 0 Å². The maximum absolute atomic E-state index is 11.2. The van der Waals surface area contributed by atoms with Crippen LogP contribution in [0, 0.1) is 27.7 Å². The van der Waals surface area contributed by atoms with E-state index in [1.165, 1.54) is 45.2 Å². The first-order valence-electron chi connectivity index (χ1n) is 6.98. The molecule has 0 aromatic carbocycles. The number of aldehydes is 1. The molecular formula is C17H14OS4. The van der Waals surface area contributed by atoms with Gasteiger partial charge in [0.2, 0.25) is 0 Å². The summed E-state index contributed by atoms with van der Waals surface area (Å²) in [6.45, 7) is 8.69. The number of aryl methyl sites for hydroxylation is 4. The van der Waals surface area contributed by atoms with E-state index < -0.39 is 0 Å².